The topological polar surface area (TPSA) is 56.1 Å². The molecule has 0 spiro atoms. The summed E-state index contributed by atoms with van der Waals surface area (Å²) in [5, 5.41) is 7.67. The number of rotatable bonds is 7. The highest BCUT2D eigenvalue weighted by Crippen LogP contribution is 2.15. The maximum Gasteiger partial charge on any atom is 0.251 e. The summed E-state index contributed by atoms with van der Waals surface area (Å²) in [4.78, 5) is 12.1. The second kappa shape index (κ2) is 8.35. The minimum atomic E-state index is -0.120. The van der Waals surface area contributed by atoms with Crippen LogP contribution in [0.3, 0.4) is 0 Å². The van der Waals surface area contributed by atoms with Gasteiger partial charge < -0.3 is 10.1 Å². The summed E-state index contributed by atoms with van der Waals surface area (Å²) in [5.74, 6) is 0.604. The maximum absolute atomic E-state index is 12.1. The smallest absolute Gasteiger partial charge is 0.251 e. The molecule has 1 aromatic heterocycles. The Morgan fingerprint density at radius 3 is 2.56 bits per heavy atom. The summed E-state index contributed by atoms with van der Waals surface area (Å²) in [5.41, 5.74) is 1.71. The summed E-state index contributed by atoms with van der Waals surface area (Å²) in [6, 6.07) is 16.5. The van der Waals surface area contributed by atoms with E-state index in [9.17, 15) is 4.79 Å². The molecule has 2 aromatic carbocycles. The fourth-order valence-corrected chi connectivity index (χ4v) is 2.43. The van der Waals surface area contributed by atoms with Gasteiger partial charge in [-0.3, -0.25) is 9.48 Å². The molecule has 1 N–H and O–H groups in total. The lowest BCUT2D eigenvalue weighted by molar-refractivity contribution is 0.0947. The van der Waals surface area contributed by atoms with E-state index >= 15 is 0 Å². The van der Waals surface area contributed by atoms with Crippen LogP contribution in [0.4, 0.5) is 0 Å². The predicted octanol–water partition coefficient (Wildman–Crippen LogP) is 3.39. The quantitative estimate of drug-likeness (QED) is 0.661. The number of nitrogens with zero attached hydrogens (tertiary/aromatic N) is 2. The van der Waals surface area contributed by atoms with E-state index in [4.69, 9.17) is 16.3 Å². The molecule has 3 aromatic rings. The van der Waals surface area contributed by atoms with E-state index in [1.807, 2.05) is 41.2 Å². The Morgan fingerprint density at radius 1 is 1.12 bits per heavy atom. The van der Waals surface area contributed by atoms with E-state index in [0.717, 1.165) is 11.3 Å². The number of ether oxygens (including phenoxy) is 1. The summed E-state index contributed by atoms with van der Waals surface area (Å²) in [6.45, 7) is 1.51. The Balaban J connectivity index is 1.44. The van der Waals surface area contributed by atoms with E-state index in [0.29, 0.717) is 30.3 Å². The number of benzene rings is 2. The number of carbonyl (C=O) groups excluding carboxylic acids is 1. The highest BCUT2D eigenvalue weighted by Gasteiger charge is 2.05. The fraction of sp³-hybridized carbons (Fsp3) is 0.158. The molecule has 1 amide bonds. The molecule has 25 heavy (non-hydrogen) atoms. The van der Waals surface area contributed by atoms with Crippen LogP contribution in [0.25, 0.3) is 0 Å². The van der Waals surface area contributed by atoms with Gasteiger partial charge in [0, 0.05) is 23.0 Å². The summed E-state index contributed by atoms with van der Waals surface area (Å²) < 4.78 is 7.38. The molecule has 0 unspecified atom stereocenters. The molecule has 1 heterocycles. The number of amides is 1. The van der Waals surface area contributed by atoms with Gasteiger partial charge in [-0.2, -0.15) is 5.10 Å². The molecule has 0 saturated carbocycles. The highest BCUT2D eigenvalue weighted by molar-refractivity contribution is 6.30. The Morgan fingerprint density at radius 2 is 1.88 bits per heavy atom. The molecular weight excluding hydrogens is 338 g/mol. The molecule has 3 rings (SSSR count). The Hall–Kier alpha value is -2.79. The van der Waals surface area contributed by atoms with Gasteiger partial charge >= 0.3 is 0 Å². The Labute approximate surface area is 151 Å². The van der Waals surface area contributed by atoms with Crippen LogP contribution in [0, 0.1) is 0 Å². The molecule has 0 aliphatic carbocycles. The largest absolute Gasteiger partial charge is 0.492 e. The van der Waals surface area contributed by atoms with Gasteiger partial charge in [-0.15, -0.1) is 0 Å². The third-order valence-electron chi connectivity index (χ3n) is 3.59. The first-order valence-electron chi connectivity index (χ1n) is 7.94. The van der Waals surface area contributed by atoms with Crippen LogP contribution in [-0.2, 0) is 6.54 Å². The number of hydrogen-bond acceptors (Lipinski definition) is 3. The molecule has 0 aliphatic heterocycles. The van der Waals surface area contributed by atoms with E-state index in [-0.39, 0.29) is 5.91 Å². The minimum Gasteiger partial charge on any atom is -0.492 e. The molecule has 0 radical (unpaired) electrons. The lowest BCUT2D eigenvalue weighted by atomic mass is 10.1. The van der Waals surface area contributed by atoms with Crippen LogP contribution in [0.1, 0.15) is 15.9 Å². The van der Waals surface area contributed by atoms with E-state index in [2.05, 4.69) is 10.4 Å². The van der Waals surface area contributed by atoms with Crippen LogP contribution >= 0.6 is 11.6 Å². The van der Waals surface area contributed by atoms with Gasteiger partial charge in [0.1, 0.15) is 12.4 Å². The number of nitrogens with one attached hydrogen (secondary N) is 1. The summed E-state index contributed by atoms with van der Waals surface area (Å²) in [6.07, 6.45) is 3.65. The molecule has 5 nitrogen and oxygen atoms in total. The average Bonchev–Trinajstić information content (AvgIpc) is 3.14. The van der Waals surface area contributed by atoms with Crippen molar-refractivity contribution in [1.29, 1.82) is 0 Å². The lowest BCUT2D eigenvalue weighted by Gasteiger charge is -2.08. The minimum absolute atomic E-state index is 0.120. The number of aromatic nitrogens is 2. The van der Waals surface area contributed by atoms with Crippen molar-refractivity contribution in [2.24, 2.45) is 0 Å². The zero-order chi connectivity index (χ0) is 17.5. The monoisotopic (exact) mass is 355 g/mol. The Bertz CT molecular complexity index is 800. The van der Waals surface area contributed by atoms with Gasteiger partial charge in [0.15, 0.2) is 0 Å². The lowest BCUT2D eigenvalue weighted by Crippen LogP contribution is -2.28. The standard InChI is InChI=1S/C19H18ClN3O2/c20-17-6-8-18(9-7-17)25-13-11-21-19(24)16-4-2-15(3-5-16)14-23-12-1-10-22-23/h1-10,12H,11,13-14H2,(H,21,24). The number of carbonyl (C=O) groups is 1. The van der Waals surface area contributed by atoms with Gasteiger partial charge in [0.2, 0.25) is 0 Å². The van der Waals surface area contributed by atoms with Crippen LogP contribution in [0.2, 0.25) is 5.02 Å². The van der Waals surface area contributed by atoms with Gasteiger partial charge in [0.25, 0.3) is 5.91 Å². The molecule has 0 saturated heterocycles. The van der Waals surface area contributed by atoms with Crippen molar-refractivity contribution >= 4 is 17.5 Å². The number of hydrogen-bond donors (Lipinski definition) is 1. The molecule has 0 fully saturated rings. The first-order valence-corrected chi connectivity index (χ1v) is 8.31. The SMILES string of the molecule is O=C(NCCOc1ccc(Cl)cc1)c1ccc(Cn2cccn2)cc1. The Kier molecular flexibility index (Phi) is 5.69. The van der Waals surface area contributed by atoms with Crippen molar-refractivity contribution < 1.29 is 9.53 Å². The molecular formula is C19H18ClN3O2. The van der Waals surface area contributed by atoms with Gasteiger partial charge in [-0.1, -0.05) is 23.7 Å². The molecule has 0 atom stereocenters. The van der Waals surface area contributed by atoms with Gasteiger partial charge in [-0.25, -0.2) is 0 Å². The second-order valence-corrected chi connectivity index (χ2v) is 5.90. The van der Waals surface area contributed by atoms with Crippen LogP contribution in [-0.4, -0.2) is 28.8 Å². The number of halogens is 1. The van der Waals surface area contributed by atoms with E-state index < -0.39 is 0 Å². The highest BCUT2D eigenvalue weighted by atomic mass is 35.5. The zero-order valence-corrected chi connectivity index (χ0v) is 14.3. The summed E-state index contributed by atoms with van der Waals surface area (Å²) >= 11 is 5.82. The van der Waals surface area contributed by atoms with Crippen molar-refractivity contribution in [3.63, 3.8) is 0 Å². The molecule has 0 aliphatic rings. The zero-order valence-electron chi connectivity index (χ0n) is 13.6. The van der Waals surface area contributed by atoms with E-state index in [1.165, 1.54) is 0 Å². The fourth-order valence-electron chi connectivity index (χ4n) is 2.31. The second-order valence-electron chi connectivity index (χ2n) is 5.46. The third kappa shape index (κ3) is 5.09. The molecule has 128 valence electrons. The van der Waals surface area contributed by atoms with E-state index in [1.54, 1.807) is 30.5 Å². The summed E-state index contributed by atoms with van der Waals surface area (Å²) in [7, 11) is 0. The van der Waals surface area contributed by atoms with Crippen molar-refractivity contribution in [1.82, 2.24) is 15.1 Å². The van der Waals surface area contributed by atoms with Crippen molar-refractivity contribution in [3.8, 4) is 5.75 Å². The third-order valence-corrected chi connectivity index (χ3v) is 3.84. The van der Waals surface area contributed by atoms with Crippen molar-refractivity contribution in [2.75, 3.05) is 13.2 Å². The van der Waals surface area contributed by atoms with Crippen molar-refractivity contribution in [2.45, 2.75) is 6.54 Å². The average molecular weight is 356 g/mol. The van der Waals surface area contributed by atoms with Crippen molar-refractivity contribution in [3.05, 3.63) is 83.1 Å². The van der Waals surface area contributed by atoms with Gasteiger partial charge in [0.05, 0.1) is 13.1 Å². The first-order chi connectivity index (χ1) is 12.2. The molecule has 0 bridgehead atoms. The first kappa shape index (κ1) is 17.0. The molecule has 6 heteroatoms. The van der Waals surface area contributed by atoms with Crippen LogP contribution in [0.5, 0.6) is 5.75 Å². The predicted molar refractivity (Wildman–Crippen MR) is 97.1 cm³/mol. The van der Waals surface area contributed by atoms with Crippen LogP contribution in [0.15, 0.2) is 67.0 Å². The maximum atomic E-state index is 12.1. The van der Waals surface area contributed by atoms with Gasteiger partial charge in [-0.05, 0) is 48.0 Å². The van der Waals surface area contributed by atoms with Crippen LogP contribution < -0.4 is 10.1 Å². The normalized spacial score (nSPS) is 10.4.